The number of carboxylic acids is 1. The first-order valence-corrected chi connectivity index (χ1v) is 8.56. The number of aliphatic carboxylic acids is 1. The second kappa shape index (κ2) is 6.05. The molecular weight excluding hydrogens is 310 g/mol. The Morgan fingerprint density at radius 2 is 1.91 bits per heavy atom. The van der Waals surface area contributed by atoms with Crippen molar-refractivity contribution in [1.29, 1.82) is 0 Å². The van der Waals surface area contributed by atoms with Gasteiger partial charge in [0.1, 0.15) is 0 Å². The molecular formula is C14H17NO6S. The molecule has 1 aliphatic heterocycles. The predicted molar refractivity (Wildman–Crippen MR) is 77.4 cm³/mol. The summed E-state index contributed by atoms with van der Waals surface area (Å²) in [6.45, 7) is 1.76. The van der Waals surface area contributed by atoms with Crippen LogP contribution >= 0.6 is 0 Å². The van der Waals surface area contributed by atoms with Crippen molar-refractivity contribution < 1.29 is 27.9 Å². The van der Waals surface area contributed by atoms with Crippen LogP contribution in [0.25, 0.3) is 0 Å². The highest BCUT2D eigenvalue weighted by atomic mass is 32.2. The molecule has 8 heteroatoms. The van der Waals surface area contributed by atoms with Crippen molar-refractivity contribution in [2.45, 2.75) is 24.0 Å². The largest absolute Gasteiger partial charge is 0.479 e. The molecule has 1 saturated heterocycles. The van der Waals surface area contributed by atoms with Gasteiger partial charge in [-0.2, -0.15) is 0 Å². The van der Waals surface area contributed by atoms with Gasteiger partial charge in [0.2, 0.25) is 0 Å². The zero-order valence-corrected chi connectivity index (χ0v) is 13.0. The Labute approximate surface area is 128 Å². The molecule has 1 aliphatic rings. The predicted octanol–water partition coefficient (Wildman–Crippen LogP) is 0.404. The Hall–Kier alpha value is -1.93. The molecule has 1 heterocycles. The van der Waals surface area contributed by atoms with Crippen LogP contribution < -0.4 is 0 Å². The fraction of sp³-hybridized carbons (Fsp3) is 0.429. The first-order valence-electron chi connectivity index (χ1n) is 6.66. The molecule has 7 nitrogen and oxygen atoms in total. The van der Waals surface area contributed by atoms with E-state index in [0.29, 0.717) is 0 Å². The summed E-state index contributed by atoms with van der Waals surface area (Å²) < 4.78 is 28.8. The topological polar surface area (TPSA) is 101 Å². The van der Waals surface area contributed by atoms with Crippen molar-refractivity contribution >= 4 is 21.7 Å². The van der Waals surface area contributed by atoms with Crippen LogP contribution in [0.15, 0.2) is 29.2 Å². The third kappa shape index (κ3) is 3.45. The fourth-order valence-electron chi connectivity index (χ4n) is 2.39. The molecule has 0 radical (unpaired) electrons. The van der Waals surface area contributed by atoms with Gasteiger partial charge in [-0.25, -0.2) is 13.2 Å². The minimum atomic E-state index is -3.56. The van der Waals surface area contributed by atoms with Gasteiger partial charge < -0.3 is 14.7 Å². The van der Waals surface area contributed by atoms with Crippen LogP contribution in [0.1, 0.15) is 17.3 Å². The highest BCUT2D eigenvalue weighted by molar-refractivity contribution is 7.90. The SMILES string of the molecule is C[C@@H]1CN(C(=O)c2ccccc2S(C)(=O)=O)CC(C(=O)O)O1. The Kier molecular flexibility index (Phi) is 4.52. The number of nitrogens with zero attached hydrogens (tertiary/aromatic N) is 1. The van der Waals surface area contributed by atoms with E-state index in [1.807, 2.05) is 0 Å². The van der Waals surface area contributed by atoms with Gasteiger partial charge in [0.15, 0.2) is 15.9 Å². The number of rotatable bonds is 3. The van der Waals surface area contributed by atoms with Gasteiger partial charge in [0.05, 0.1) is 23.1 Å². The Balaban J connectivity index is 2.34. The number of morpholine rings is 1. The van der Waals surface area contributed by atoms with Gasteiger partial charge in [0.25, 0.3) is 5.91 Å². The van der Waals surface area contributed by atoms with E-state index >= 15 is 0 Å². The Morgan fingerprint density at radius 3 is 2.50 bits per heavy atom. The molecule has 1 amide bonds. The lowest BCUT2D eigenvalue weighted by atomic mass is 10.1. The average Bonchev–Trinajstić information content (AvgIpc) is 2.45. The highest BCUT2D eigenvalue weighted by Crippen LogP contribution is 2.20. The van der Waals surface area contributed by atoms with Gasteiger partial charge in [-0.15, -0.1) is 0 Å². The van der Waals surface area contributed by atoms with E-state index in [1.165, 1.54) is 23.1 Å². The van der Waals surface area contributed by atoms with Crippen LogP contribution in [0.5, 0.6) is 0 Å². The zero-order chi connectivity index (χ0) is 16.5. The second-order valence-electron chi connectivity index (χ2n) is 5.25. The van der Waals surface area contributed by atoms with Crippen LogP contribution in [0.4, 0.5) is 0 Å². The van der Waals surface area contributed by atoms with E-state index in [4.69, 9.17) is 9.84 Å². The van der Waals surface area contributed by atoms with Crippen LogP contribution in [0.2, 0.25) is 0 Å². The van der Waals surface area contributed by atoms with Gasteiger partial charge in [-0.3, -0.25) is 4.79 Å². The van der Waals surface area contributed by atoms with Crippen LogP contribution in [-0.2, 0) is 19.4 Å². The average molecular weight is 327 g/mol. The van der Waals surface area contributed by atoms with E-state index in [0.717, 1.165) is 6.26 Å². The first kappa shape index (κ1) is 16.4. The number of sulfone groups is 1. The maximum Gasteiger partial charge on any atom is 0.334 e. The minimum absolute atomic E-state index is 0.0447. The number of hydrogen-bond donors (Lipinski definition) is 1. The van der Waals surface area contributed by atoms with Gasteiger partial charge >= 0.3 is 5.97 Å². The van der Waals surface area contributed by atoms with Crippen molar-refractivity contribution in [3.05, 3.63) is 29.8 Å². The highest BCUT2D eigenvalue weighted by Gasteiger charge is 2.34. The monoisotopic (exact) mass is 327 g/mol. The molecule has 0 spiro atoms. The number of benzene rings is 1. The third-order valence-corrected chi connectivity index (χ3v) is 4.49. The Morgan fingerprint density at radius 1 is 1.27 bits per heavy atom. The summed E-state index contributed by atoms with van der Waals surface area (Å²) in [6.07, 6.45) is -0.525. The van der Waals surface area contributed by atoms with E-state index in [2.05, 4.69) is 0 Å². The van der Waals surface area contributed by atoms with Gasteiger partial charge in [-0.1, -0.05) is 12.1 Å². The lowest BCUT2D eigenvalue weighted by Gasteiger charge is -2.35. The molecule has 0 aliphatic carbocycles. The Bertz CT molecular complexity index is 699. The van der Waals surface area contributed by atoms with Crippen LogP contribution in [0.3, 0.4) is 0 Å². The zero-order valence-electron chi connectivity index (χ0n) is 12.2. The van der Waals surface area contributed by atoms with Gasteiger partial charge in [-0.05, 0) is 19.1 Å². The number of amides is 1. The molecule has 1 N–H and O–H groups in total. The molecule has 2 atom stereocenters. The standard InChI is InChI=1S/C14H17NO6S/c1-9-7-15(8-11(21-9)14(17)18)13(16)10-5-3-4-6-12(10)22(2,19)20/h3-6,9,11H,7-8H2,1-2H3,(H,17,18)/t9-,11?/m1/s1. The first-order chi connectivity index (χ1) is 10.2. The minimum Gasteiger partial charge on any atom is -0.479 e. The van der Waals surface area contributed by atoms with Crippen molar-refractivity contribution in [1.82, 2.24) is 4.90 Å². The van der Waals surface area contributed by atoms with Crippen molar-refractivity contribution in [2.24, 2.45) is 0 Å². The summed E-state index contributed by atoms with van der Waals surface area (Å²) >= 11 is 0. The molecule has 0 saturated carbocycles. The molecule has 0 aromatic heterocycles. The molecule has 1 unspecified atom stereocenters. The third-order valence-electron chi connectivity index (χ3n) is 3.34. The van der Waals surface area contributed by atoms with Crippen molar-refractivity contribution in [3.8, 4) is 0 Å². The maximum atomic E-state index is 12.6. The molecule has 1 aromatic carbocycles. The molecule has 1 aromatic rings. The normalized spacial score (nSPS) is 22.4. The quantitative estimate of drug-likeness (QED) is 0.862. The lowest BCUT2D eigenvalue weighted by Crippen LogP contribution is -2.51. The van der Waals surface area contributed by atoms with E-state index < -0.39 is 33.9 Å². The molecule has 120 valence electrons. The summed E-state index contributed by atoms with van der Waals surface area (Å²) in [5.41, 5.74) is 0.0447. The summed E-state index contributed by atoms with van der Waals surface area (Å²) in [5, 5.41) is 9.05. The molecule has 2 rings (SSSR count). The number of carbonyl (C=O) groups excluding carboxylic acids is 1. The van der Waals surface area contributed by atoms with Crippen molar-refractivity contribution in [2.75, 3.05) is 19.3 Å². The fourth-order valence-corrected chi connectivity index (χ4v) is 3.27. The second-order valence-corrected chi connectivity index (χ2v) is 7.24. The van der Waals surface area contributed by atoms with Crippen LogP contribution in [0, 0.1) is 0 Å². The van der Waals surface area contributed by atoms with E-state index in [-0.39, 0.29) is 23.5 Å². The summed E-state index contributed by atoms with van der Waals surface area (Å²) in [6, 6.07) is 5.89. The number of carboxylic acid groups (broad SMARTS) is 1. The molecule has 22 heavy (non-hydrogen) atoms. The van der Waals surface area contributed by atoms with Crippen molar-refractivity contribution in [3.63, 3.8) is 0 Å². The number of ether oxygens (including phenoxy) is 1. The lowest BCUT2D eigenvalue weighted by molar-refractivity contribution is -0.160. The van der Waals surface area contributed by atoms with Crippen LogP contribution in [-0.4, -0.2) is 61.9 Å². The smallest absolute Gasteiger partial charge is 0.334 e. The molecule has 1 fully saturated rings. The molecule has 0 bridgehead atoms. The number of hydrogen-bond acceptors (Lipinski definition) is 5. The maximum absolute atomic E-state index is 12.6. The number of carbonyl (C=O) groups is 2. The summed E-state index contributed by atoms with van der Waals surface area (Å²) in [5.74, 6) is -1.66. The summed E-state index contributed by atoms with van der Waals surface area (Å²) in [7, 11) is -3.56. The van der Waals surface area contributed by atoms with Gasteiger partial charge in [0, 0.05) is 12.8 Å². The van der Waals surface area contributed by atoms with E-state index in [1.54, 1.807) is 13.0 Å². The van der Waals surface area contributed by atoms with E-state index in [9.17, 15) is 18.0 Å². The summed E-state index contributed by atoms with van der Waals surface area (Å²) in [4.78, 5) is 24.9.